The molecule has 4 aromatic heterocycles. The number of aryl methyl sites for hydroxylation is 2. The molecule has 1 aliphatic rings. The van der Waals surface area contributed by atoms with Crippen LogP contribution in [0.4, 0.5) is 0 Å². The molecule has 14 aromatic carbocycles. The van der Waals surface area contributed by atoms with Gasteiger partial charge in [0.15, 0.2) is 0 Å². The van der Waals surface area contributed by atoms with E-state index in [0.29, 0.717) is 11.1 Å². The first kappa shape index (κ1) is 67.2. The summed E-state index contributed by atoms with van der Waals surface area (Å²) in [4.78, 5) is 0. The number of hydrogen-bond donors (Lipinski definition) is 0. The first-order chi connectivity index (χ1) is 50.7. The average molecular weight is 1420 g/mol. The minimum absolute atomic E-state index is 0. The highest BCUT2D eigenvalue weighted by atomic mass is 79.9. The van der Waals surface area contributed by atoms with Gasteiger partial charge in [-0.15, -0.1) is 0 Å². The summed E-state index contributed by atoms with van der Waals surface area (Å²) in [6.45, 7) is 8.26. The molecule has 19 rings (SSSR count). The Hall–Kier alpha value is -12.3. The van der Waals surface area contributed by atoms with Crippen LogP contribution in [-0.4, -0.2) is 36.6 Å². The average Bonchev–Trinajstić information content (AvgIpc) is 1.46. The number of nitriles is 2. The molecule has 5 heterocycles. The fourth-order valence-corrected chi connectivity index (χ4v) is 16.1. The van der Waals surface area contributed by atoms with Crippen molar-refractivity contribution in [1.82, 2.24) is 18.3 Å². The number of hydrogen-bond acceptors (Lipinski definition) is 4. The number of fused-ring (bicyclic) bond motifs is 12. The van der Waals surface area contributed by atoms with E-state index in [0.717, 1.165) is 70.5 Å². The second-order valence-electron chi connectivity index (χ2n) is 27.9. The maximum absolute atomic E-state index is 9.63. The van der Waals surface area contributed by atoms with Gasteiger partial charge in [-0.2, -0.15) is 10.5 Å². The molecular weight excluding hydrogens is 1350 g/mol. The molecule has 0 unspecified atom stereocenters. The normalized spacial score (nSPS) is 13.1. The molecule has 8 nitrogen and oxygen atoms in total. The lowest BCUT2D eigenvalue weighted by molar-refractivity contribution is 0.00578. The Bertz CT molecular complexity index is 6510. The molecular formula is C95H74BBrN6O2. The van der Waals surface area contributed by atoms with Crippen LogP contribution in [0, 0.1) is 22.7 Å². The van der Waals surface area contributed by atoms with E-state index in [-0.39, 0.29) is 18.6 Å². The van der Waals surface area contributed by atoms with Gasteiger partial charge in [0.2, 0.25) is 0 Å². The Morgan fingerprint density at radius 3 is 1.16 bits per heavy atom. The monoisotopic (exact) mass is 1420 g/mol. The van der Waals surface area contributed by atoms with Gasteiger partial charge < -0.3 is 27.6 Å². The maximum atomic E-state index is 9.63. The zero-order chi connectivity index (χ0) is 71.0. The topological polar surface area (TPSA) is 85.8 Å². The van der Waals surface area contributed by atoms with Crippen LogP contribution < -0.4 is 5.46 Å². The molecule has 1 aliphatic heterocycles. The van der Waals surface area contributed by atoms with Crippen molar-refractivity contribution in [3.05, 3.63) is 331 Å². The van der Waals surface area contributed by atoms with E-state index in [9.17, 15) is 10.5 Å². The Balaban J connectivity index is 0.000000127. The van der Waals surface area contributed by atoms with Crippen molar-refractivity contribution in [3.63, 3.8) is 0 Å². The van der Waals surface area contributed by atoms with Crippen molar-refractivity contribution in [2.24, 2.45) is 14.1 Å². The van der Waals surface area contributed by atoms with Crippen molar-refractivity contribution in [2.45, 2.75) is 46.3 Å². The zero-order valence-corrected chi connectivity index (χ0v) is 60.1. The van der Waals surface area contributed by atoms with Crippen molar-refractivity contribution >= 4 is 116 Å². The molecule has 0 bridgehead atoms. The standard InChI is InChI=1S/C44H29N3.C25H23BN2O2.C25H18BrN.CH4/c1-46-40-19-7-5-15-36(40)39-27-32(22-24-41(39)46)44-34(30-11-3-2-4-12-30)17-10-18-35(44)31-13-9-14-33(26-31)47-42-20-8-6-16-37(42)38-25-29(28-45)21-23-43(38)47;1-24(2)25(3,4)30-26(29-24)18-8-7-9-19(15-18)28-22-11-6-5-10-20(22)21-14-17(16-27)12-13-23(21)28;1-27-23-13-6-5-10-20(23)21-16-18(14-15-24(21)27)25-19(11-7-12-22(25)26)17-8-3-2-4-9-17;/h2-27H,1H3;5-15H,1-4H3;2-16H,1H3;1H4. The SMILES string of the molecule is C.CC1(C)OB(c2cccc(-n3c4ccccc4c4cc(C#N)ccc43)c2)OC1(C)C.Cn1c2ccccc2c2cc(-c3c(-c4ccccc4)cccc3-c3cccc(-n4c5ccccc5c5cc(C#N)ccc54)c3)ccc21.Cn1c2ccccc2c2cc(-c3c(Br)cccc3-c3ccccc3)ccc21. The number of nitrogens with zero attached hydrogens (tertiary/aromatic N) is 6. The van der Waals surface area contributed by atoms with Crippen LogP contribution in [0.2, 0.25) is 0 Å². The van der Waals surface area contributed by atoms with E-state index in [1.165, 1.54) is 93.7 Å². The minimum atomic E-state index is -0.409. The predicted octanol–water partition coefficient (Wildman–Crippen LogP) is 24.3. The van der Waals surface area contributed by atoms with Crippen molar-refractivity contribution < 1.29 is 9.31 Å². The van der Waals surface area contributed by atoms with Crippen molar-refractivity contribution in [2.75, 3.05) is 0 Å². The summed E-state index contributed by atoms with van der Waals surface area (Å²) in [5.41, 5.74) is 25.1. The van der Waals surface area contributed by atoms with Gasteiger partial charge in [-0.25, -0.2) is 0 Å². The number of halogens is 1. The maximum Gasteiger partial charge on any atom is 0.494 e. The van der Waals surface area contributed by atoms with E-state index in [1.807, 2.05) is 54.6 Å². The fourth-order valence-electron chi connectivity index (χ4n) is 15.5. The van der Waals surface area contributed by atoms with E-state index in [4.69, 9.17) is 9.31 Å². The van der Waals surface area contributed by atoms with Gasteiger partial charge in [-0.3, -0.25) is 0 Å². The third-order valence-corrected chi connectivity index (χ3v) is 22.0. The Labute approximate surface area is 620 Å². The van der Waals surface area contributed by atoms with Gasteiger partial charge in [0, 0.05) is 101 Å². The van der Waals surface area contributed by atoms with E-state index in [2.05, 4.69) is 349 Å². The largest absolute Gasteiger partial charge is 0.494 e. The summed E-state index contributed by atoms with van der Waals surface area (Å²) in [7, 11) is 3.88. The van der Waals surface area contributed by atoms with E-state index in [1.54, 1.807) is 0 Å². The summed E-state index contributed by atoms with van der Waals surface area (Å²) in [6.07, 6.45) is 0. The van der Waals surface area contributed by atoms with Crippen LogP contribution in [0.15, 0.2) is 320 Å². The number of para-hydroxylation sites is 4. The van der Waals surface area contributed by atoms with Crippen LogP contribution in [0.3, 0.4) is 0 Å². The Kier molecular flexibility index (Phi) is 17.4. The molecule has 506 valence electrons. The van der Waals surface area contributed by atoms with Crippen molar-refractivity contribution in [1.29, 1.82) is 10.5 Å². The first-order valence-electron chi connectivity index (χ1n) is 35.1. The lowest BCUT2D eigenvalue weighted by Crippen LogP contribution is -2.41. The summed E-state index contributed by atoms with van der Waals surface area (Å²) < 4.78 is 22.7. The smallest absolute Gasteiger partial charge is 0.399 e. The molecule has 0 saturated carbocycles. The Morgan fingerprint density at radius 2 is 0.667 bits per heavy atom. The molecule has 0 spiro atoms. The lowest BCUT2D eigenvalue weighted by atomic mass is 9.79. The van der Waals surface area contributed by atoms with Crippen LogP contribution in [0.25, 0.3) is 154 Å². The van der Waals surface area contributed by atoms with Gasteiger partial charge in [-0.05, 0) is 198 Å². The van der Waals surface area contributed by atoms with Gasteiger partial charge in [0.1, 0.15) is 0 Å². The van der Waals surface area contributed by atoms with E-state index < -0.39 is 7.12 Å². The fraction of sp³-hybridized carbons (Fsp3) is 0.0947. The summed E-state index contributed by atoms with van der Waals surface area (Å²) in [6, 6.07) is 116. The molecule has 0 aliphatic carbocycles. The summed E-state index contributed by atoms with van der Waals surface area (Å²) >= 11 is 3.79. The first-order valence-corrected chi connectivity index (χ1v) is 35.9. The molecule has 105 heavy (non-hydrogen) atoms. The molecule has 0 atom stereocenters. The third-order valence-electron chi connectivity index (χ3n) is 21.3. The third kappa shape index (κ3) is 11.7. The number of aromatic nitrogens is 4. The van der Waals surface area contributed by atoms with Gasteiger partial charge in [0.25, 0.3) is 0 Å². The Morgan fingerprint density at radius 1 is 0.314 bits per heavy atom. The molecule has 10 heteroatoms. The minimum Gasteiger partial charge on any atom is -0.399 e. The van der Waals surface area contributed by atoms with Gasteiger partial charge in [-0.1, -0.05) is 224 Å². The number of benzene rings is 14. The highest BCUT2D eigenvalue weighted by Crippen LogP contribution is 2.46. The highest BCUT2D eigenvalue weighted by Gasteiger charge is 2.51. The highest BCUT2D eigenvalue weighted by molar-refractivity contribution is 9.10. The molecule has 1 fully saturated rings. The number of rotatable bonds is 8. The van der Waals surface area contributed by atoms with Crippen molar-refractivity contribution in [3.8, 4) is 79.1 Å². The van der Waals surface area contributed by atoms with Crippen LogP contribution in [0.1, 0.15) is 46.2 Å². The molecule has 0 radical (unpaired) electrons. The quantitative estimate of drug-likeness (QED) is 0.142. The molecule has 1 saturated heterocycles. The second kappa shape index (κ2) is 27.2. The van der Waals surface area contributed by atoms with Gasteiger partial charge in [0.05, 0.1) is 56.5 Å². The molecule has 18 aromatic rings. The van der Waals surface area contributed by atoms with Crippen LogP contribution in [0.5, 0.6) is 0 Å². The van der Waals surface area contributed by atoms with Crippen LogP contribution in [-0.2, 0) is 23.4 Å². The lowest BCUT2D eigenvalue weighted by Gasteiger charge is -2.32. The van der Waals surface area contributed by atoms with E-state index >= 15 is 0 Å². The van der Waals surface area contributed by atoms with Gasteiger partial charge >= 0.3 is 7.12 Å². The predicted molar refractivity (Wildman–Crippen MR) is 443 cm³/mol. The van der Waals surface area contributed by atoms with Crippen LogP contribution >= 0.6 is 15.9 Å². The summed E-state index contributed by atoms with van der Waals surface area (Å²) in [5, 5.41) is 28.5. The summed E-state index contributed by atoms with van der Waals surface area (Å²) in [5.74, 6) is 0. The molecule has 0 N–H and O–H groups in total. The second-order valence-corrected chi connectivity index (χ2v) is 28.7. The molecule has 0 amide bonds. The zero-order valence-electron chi connectivity index (χ0n) is 58.5.